The molecule has 1 aliphatic rings. The van der Waals surface area contributed by atoms with Gasteiger partial charge in [-0.15, -0.1) is 10.2 Å². The summed E-state index contributed by atoms with van der Waals surface area (Å²) in [7, 11) is 1.63. The molecule has 7 nitrogen and oxygen atoms in total. The standard InChI is InChI=1S/C19H23N5O2S/c1-12(10-26-2)21-17(25)11-27-19-23-22-18(24(19)13-7-8-13)15-9-20-16-6-4-3-5-14(15)16/h3-6,9,12-13,20H,7-8,10-11H2,1-2H3,(H,21,25)/t12-/m0/s1. The third-order valence-electron chi connectivity index (χ3n) is 4.56. The van der Waals surface area contributed by atoms with Crippen LogP contribution in [-0.4, -0.2) is 51.2 Å². The van der Waals surface area contributed by atoms with Gasteiger partial charge in [0.2, 0.25) is 5.91 Å². The van der Waals surface area contributed by atoms with E-state index in [9.17, 15) is 4.79 Å². The number of hydrogen-bond acceptors (Lipinski definition) is 5. The second-order valence-corrected chi connectivity index (χ2v) is 7.81. The van der Waals surface area contributed by atoms with Crippen molar-refractivity contribution in [2.24, 2.45) is 0 Å². The zero-order valence-corrected chi connectivity index (χ0v) is 16.3. The SMILES string of the molecule is COC[C@H](C)NC(=O)CSc1nnc(-c2c[nH]c3ccccc23)n1C1CC1. The first-order chi connectivity index (χ1) is 13.2. The molecule has 0 unspecified atom stereocenters. The summed E-state index contributed by atoms with van der Waals surface area (Å²) >= 11 is 1.43. The molecule has 8 heteroatoms. The molecule has 27 heavy (non-hydrogen) atoms. The van der Waals surface area contributed by atoms with Crippen LogP contribution in [0.3, 0.4) is 0 Å². The molecule has 1 fully saturated rings. The zero-order valence-electron chi connectivity index (χ0n) is 15.4. The Kier molecular flexibility index (Phi) is 5.18. The Morgan fingerprint density at radius 3 is 3.00 bits per heavy atom. The number of hydrogen-bond donors (Lipinski definition) is 2. The van der Waals surface area contributed by atoms with Gasteiger partial charge in [0.15, 0.2) is 11.0 Å². The first kappa shape index (κ1) is 18.1. The van der Waals surface area contributed by atoms with Crippen LogP contribution >= 0.6 is 11.8 Å². The fourth-order valence-corrected chi connectivity index (χ4v) is 4.03. The van der Waals surface area contributed by atoms with E-state index in [2.05, 4.69) is 37.2 Å². The van der Waals surface area contributed by atoms with Crippen molar-refractivity contribution in [2.75, 3.05) is 19.5 Å². The van der Waals surface area contributed by atoms with Crippen molar-refractivity contribution >= 4 is 28.6 Å². The maximum atomic E-state index is 12.2. The van der Waals surface area contributed by atoms with Crippen molar-refractivity contribution in [1.82, 2.24) is 25.1 Å². The Hall–Kier alpha value is -2.32. The molecule has 3 aromatic rings. The van der Waals surface area contributed by atoms with Gasteiger partial charge >= 0.3 is 0 Å². The van der Waals surface area contributed by atoms with Crippen LogP contribution < -0.4 is 5.32 Å². The monoisotopic (exact) mass is 385 g/mol. The highest BCUT2D eigenvalue weighted by molar-refractivity contribution is 7.99. The van der Waals surface area contributed by atoms with Crippen LogP contribution in [0.2, 0.25) is 0 Å². The number of carbonyl (C=O) groups is 1. The van der Waals surface area contributed by atoms with Gasteiger partial charge in [0, 0.05) is 41.9 Å². The van der Waals surface area contributed by atoms with E-state index in [1.54, 1.807) is 7.11 Å². The summed E-state index contributed by atoms with van der Waals surface area (Å²) in [6, 6.07) is 8.59. The molecule has 4 rings (SSSR count). The first-order valence-electron chi connectivity index (χ1n) is 9.10. The number of aromatic amines is 1. The largest absolute Gasteiger partial charge is 0.383 e. The van der Waals surface area contributed by atoms with Gasteiger partial charge in [0.25, 0.3) is 0 Å². The molecule has 1 amide bonds. The first-order valence-corrected chi connectivity index (χ1v) is 10.1. The summed E-state index contributed by atoms with van der Waals surface area (Å²) in [6.45, 7) is 2.42. The van der Waals surface area contributed by atoms with Crippen LogP contribution in [0.4, 0.5) is 0 Å². The Morgan fingerprint density at radius 1 is 1.41 bits per heavy atom. The highest BCUT2D eigenvalue weighted by atomic mass is 32.2. The average molecular weight is 385 g/mol. The predicted molar refractivity (Wildman–Crippen MR) is 106 cm³/mol. The van der Waals surface area contributed by atoms with Gasteiger partial charge < -0.3 is 15.0 Å². The topological polar surface area (TPSA) is 84.8 Å². The number of nitrogens with one attached hydrogen (secondary N) is 2. The number of fused-ring (bicyclic) bond motifs is 1. The zero-order chi connectivity index (χ0) is 18.8. The lowest BCUT2D eigenvalue weighted by molar-refractivity contribution is -0.119. The van der Waals surface area contributed by atoms with Crippen LogP contribution in [-0.2, 0) is 9.53 Å². The van der Waals surface area contributed by atoms with Crippen molar-refractivity contribution < 1.29 is 9.53 Å². The van der Waals surface area contributed by atoms with E-state index in [0.717, 1.165) is 40.3 Å². The van der Waals surface area contributed by atoms with E-state index < -0.39 is 0 Å². The van der Waals surface area contributed by atoms with Gasteiger partial charge in [-0.1, -0.05) is 30.0 Å². The van der Waals surface area contributed by atoms with E-state index in [1.165, 1.54) is 11.8 Å². The highest BCUT2D eigenvalue weighted by Crippen LogP contribution is 2.42. The summed E-state index contributed by atoms with van der Waals surface area (Å²) in [5.74, 6) is 1.15. The molecule has 2 aromatic heterocycles. The number of H-pyrrole nitrogens is 1. The van der Waals surface area contributed by atoms with Gasteiger partial charge in [-0.05, 0) is 25.8 Å². The molecule has 1 saturated carbocycles. The molecule has 1 aliphatic carbocycles. The van der Waals surface area contributed by atoms with Crippen molar-refractivity contribution in [3.63, 3.8) is 0 Å². The lowest BCUT2D eigenvalue weighted by atomic mass is 10.1. The maximum absolute atomic E-state index is 12.2. The molecule has 0 spiro atoms. The van der Waals surface area contributed by atoms with Gasteiger partial charge in [-0.3, -0.25) is 9.36 Å². The fraction of sp³-hybridized carbons (Fsp3) is 0.421. The number of amides is 1. The average Bonchev–Trinajstić information content (AvgIpc) is 3.26. The molecular formula is C19H23N5O2S. The molecular weight excluding hydrogens is 362 g/mol. The molecule has 142 valence electrons. The minimum atomic E-state index is -0.0245. The Bertz CT molecular complexity index is 947. The summed E-state index contributed by atoms with van der Waals surface area (Å²) in [5.41, 5.74) is 2.13. The molecule has 1 aromatic carbocycles. The number of rotatable bonds is 8. The van der Waals surface area contributed by atoms with Crippen LogP contribution in [0.25, 0.3) is 22.3 Å². The highest BCUT2D eigenvalue weighted by Gasteiger charge is 2.31. The Morgan fingerprint density at radius 2 is 2.22 bits per heavy atom. The smallest absolute Gasteiger partial charge is 0.230 e. The van der Waals surface area contributed by atoms with Crippen LogP contribution in [0.1, 0.15) is 25.8 Å². The molecule has 0 bridgehead atoms. The van der Waals surface area contributed by atoms with Gasteiger partial charge in [-0.25, -0.2) is 0 Å². The van der Waals surface area contributed by atoms with Crippen molar-refractivity contribution in [1.29, 1.82) is 0 Å². The fourth-order valence-electron chi connectivity index (χ4n) is 3.22. The molecule has 2 heterocycles. The summed E-state index contributed by atoms with van der Waals surface area (Å²) < 4.78 is 7.24. The second-order valence-electron chi connectivity index (χ2n) is 6.87. The number of carbonyl (C=O) groups excluding carboxylic acids is 1. The number of aromatic nitrogens is 4. The van der Waals surface area contributed by atoms with Crippen molar-refractivity contribution in [3.8, 4) is 11.4 Å². The molecule has 0 aliphatic heterocycles. The third kappa shape index (κ3) is 3.86. The van der Waals surface area contributed by atoms with E-state index in [-0.39, 0.29) is 11.9 Å². The van der Waals surface area contributed by atoms with Crippen LogP contribution in [0.15, 0.2) is 35.6 Å². The number of para-hydroxylation sites is 1. The van der Waals surface area contributed by atoms with Crippen molar-refractivity contribution in [3.05, 3.63) is 30.5 Å². The van der Waals surface area contributed by atoms with Gasteiger partial charge in [0.1, 0.15) is 0 Å². The molecule has 1 atom stereocenters. The van der Waals surface area contributed by atoms with E-state index in [0.29, 0.717) is 18.4 Å². The number of thioether (sulfide) groups is 1. The van der Waals surface area contributed by atoms with E-state index in [4.69, 9.17) is 4.74 Å². The lowest BCUT2D eigenvalue weighted by Gasteiger charge is -2.12. The number of ether oxygens (including phenoxy) is 1. The van der Waals surface area contributed by atoms with Gasteiger partial charge in [0.05, 0.1) is 12.4 Å². The Labute approximate surface area is 161 Å². The summed E-state index contributed by atoms with van der Waals surface area (Å²) in [5, 5.41) is 13.7. The number of nitrogens with zero attached hydrogens (tertiary/aromatic N) is 3. The quantitative estimate of drug-likeness (QED) is 0.582. The normalized spacial score (nSPS) is 15.2. The van der Waals surface area contributed by atoms with Crippen LogP contribution in [0, 0.1) is 0 Å². The van der Waals surface area contributed by atoms with Crippen LogP contribution in [0.5, 0.6) is 0 Å². The number of methoxy groups -OCH3 is 1. The Balaban J connectivity index is 1.54. The van der Waals surface area contributed by atoms with E-state index >= 15 is 0 Å². The molecule has 0 radical (unpaired) electrons. The minimum Gasteiger partial charge on any atom is -0.383 e. The van der Waals surface area contributed by atoms with Gasteiger partial charge in [-0.2, -0.15) is 0 Å². The van der Waals surface area contributed by atoms with Crippen molar-refractivity contribution in [2.45, 2.75) is 37.0 Å². The predicted octanol–water partition coefficient (Wildman–Crippen LogP) is 3.00. The van der Waals surface area contributed by atoms with E-state index in [1.807, 2.05) is 25.3 Å². The molecule has 0 saturated heterocycles. The number of benzene rings is 1. The summed E-state index contributed by atoms with van der Waals surface area (Å²) in [4.78, 5) is 15.5. The summed E-state index contributed by atoms with van der Waals surface area (Å²) in [6.07, 6.45) is 4.23. The minimum absolute atomic E-state index is 0.00816. The molecule has 2 N–H and O–H groups in total. The lowest BCUT2D eigenvalue weighted by Crippen LogP contribution is -2.36. The second kappa shape index (κ2) is 7.74. The third-order valence-corrected chi connectivity index (χ3v) is 5.51. The maximum Gasteiger partial charge on any atom is 0.230 e.